The number of hydrogen-bond donors (Lipinski definition) is 0. The third-order valence-electron chi connectivity index (χ3n) is 5.08. The molecule has 1 fully saturated rings. The van der Waals surface area contributed by atoms with Crippen molar-refractivity contribution in [3.8, 4) is 0 Å². The van der Waals surface area contributed by atoms with Crippen molar-refractivity contribution >= 4 is 5.91 Å². The molecular formula is C19H21N3O. The van der Waals surface area contributed by atoms with E-state index >= 15 is 0 Å². The predicted molar refractivity (Wildman–Crippen MR) is 88.4 cm³/mol. The normalized spacial score (nSPS) is 20.3. The number of rotatable bonds is 2. The molecule has 2 heterocycles. The Labute approximate surface area is 136 Å². The quantitative estimate of drug-likeness (QED) is 0.857. The summed E-state index contributed by atoms with van der Waals surface area (Å²) in [5.41, 5.74) is 4.67. The Hall–Kier alpha value is -2.23. The lowest BCUT2D eigenvalue weighted by Crippen LogP contribution is -2.39. The first-order chi connectivity index (χ1) is 11.3. The number of aromatic nitrogens is 2. The summed E-state index contributed by atoms with van der Waals surface area (Å²) >= 11 is 0. The number of carbonyl (C=O) groups is 1. The van der Waals surface area contributed by atoms with E-state index in [4.69, 9.17) is 0 Å². The summed E-state index contributed by atoms with van der Waals surface area (Å²) in [7, 11) is 0. The van der Waals surface area contributed by atoms with Crippen molar-refractivity contribution in [1.29, 1.82) is 0 Å². The van der Waals surface area contributed by atoms with Gasteiger partial charge in [-0.3, -0.25) is 4.79 Å². The second-order valence-corrected chi connectivity index (χ2v) is 6.56. The lowest BCUT2D eigenvalue weighted by atomic mass is 9.94. The molecule has 1 unspecified atom stereocenters. The molecule has 1 aromatic heterocycles. The van der Waals surface area contributed by atoms with Crippen LogP contribution in [-0.4, -0.2) is 33.9 Å². The second-order valence-electron chi connectivity index (χ2n) is 6.56. The van der Waals surface area contributed by atoms with Crippen LogP contribution in [-0.2, 0) is 12.8 Å². The van der Waals surface area contributed by atoms with Crippen molar-refractivity contribution in [3.63, 3.8) is 0 Å². The fourth-order valence-corrected chi connectivity index (χ4v) is 3.83. The van der Waals surface area contributed by atoms with Gasteiger partial charge in [-0.15, -0.1) is 0 Å². The number of amides is 1. The van der Waals surface area contributed by atoms with E-state index in [1.165, 1.54) is 17.5 Å². The van der Waals surface area contributed by atoms with Crippen LogP contribution in [0, 0.1) is 0 Å². The molecule has 1 saturated heterocycles. The zero-order chi connectivity index (χ0) is 15.6. The van der Waals surface area contributed by atoms with Crippen LogP contribution in [0.5, 0.6) is 0 Å². The van der Waals surface area contributed by atoms with E-state index < -0.39 is 0 Å². The van der Waals surface area contributed by atoms with Crippen molar-refractivity contribution in [3.05, 3.63) is 59.2 Å². The molecule has 1 amide bonds. The maximum atomic E-state index is 12.9. The van der Waals surface area contributed by atoms with E-state index in [0.29, 0.717) is 5.92 Å². The molecule has 1 aromatic carbocycles. The number of hydrogen-bond acceptors (Lipinski definition) is 3. The zero-order valence-electron chi connectivity index (χ0n) is 13.2. The number of likely N-dealkylation sites (tertiary alicyclic amines) is 1. The number of fused-ring (bicyclic) bond motifs is 1. The Morgan fingerprint density at radius 1 is 1.13 bits per heavy atom. The van der Waals surface area contributed by atoms with Gasteiger partial charge < -0.3 is 4.90 Å². The Morgan fingerprint density at radius 3 is 2.91 bits per heavy atom. The first-order valence-electron chi connectivity index (χ1n) is 8.48. The van der Waals surface area contributed by atoms with Gasteiger partial charge in [0.25, 0.3) is 5.91 Å². The van der Waals surface area contributed by atoms with Crippen molar-refractivity contribution in [2.45, 2.75) is 38.0 Å². The highest BCUT2D eigenvalue weighted by Gasteiger charge is 2.26. The van der Waals surface area contributed by atoms with Crippen LogP contribution in [0.15, 0.2) is 36.8 Å². The molecule has 0 N–H and O–H groups in total. The molecule has 0 spiro atoms. The second kappa shape index (κ2) is 6.11. The van der Waals surface area contributed by atoms with Gasteiger partial charge >= 0.3 is 0 Å². The van der Waals surface area contributed by atoms with Gasteiger partial charge in [-0.25, -0.2) is 9.97 Å². The molecule has 2 aliphatic rings. The fraction of sp³-hybridized carbons (Fsp3) is 0.421. The highest BCUT2D eigenvalue weighted by atomic mass is 16.2. The van der Waals surface area contributed by atoms with E-state index in [1.807, 2.05) is 17.0 Å². The van der Waals surface area contributed by atoms with Gasteiger partial charge in [0.15, 0.2) is 0 Å². The molecule has 4 rings (SSSR count). The van der Waals surface area contributed by atoms with Crippen molar-refractivity contribution < 1.29 is 4.79 Å². The van der Waals surface area contributed by atoms with Gasteiger partial charge in [0.1, 0.15) is 6.33 Å². The van der Waals surface area contributed by atoms with E-state index in [9.17, 15) is 4.79 Å². The van der Waals surface area contributed by atoms with Crippen molar-refractivity contribution in [2.24, 2.45) is 0 Å². The van der Waals surface area contributed by atoms with Crippen LogP contribution in [0.1, 0.15) is 52.4 Å². The third kappa shape index (κ3) is 2.85. The molecule has 23 heavy (non-hydrogen) atoms. The van der Waals surface area contributed by atoms with Crippen LogP contribution < -0.4 is 0 Å². The predicted octanol–water partition coefficient (Wildman–Crippen LogP) is 2.99. The zero-order valence-corrected chi connectivity index (χ0v) is 13.2. The maximum Gasteiger partial charge on any atom is 0.253 e. The molecule has 1 aliphatic heterocycles. The minimum Gasteiger partial charge on any atom is -0.338 e. The number of benzene rings is 1. The standard InChI is InChI=1S/C19H21N3O/c23-19(16-7-6-14-3-1-4-15(14)11-16)22-10-2-5-17(12-22)18-8-9-20-13-21-18/h6-9,11,13,17H,1-5,10,12H2. The van der Waals surface area contributed by atoms with Crippen LogP contribution in [0.3, 0.4) is 0 Å². The monoisotopic (exact) mass is 307 g/mol. The van der Waals surface area contributed by atoms with Crippen LogP contribution >= 0.6 is 0 Å². The van der Waals surface area contributed by atoms with Gasteiger partial charge in [0, 0.05) is 36.5 Å². The van der Waals surface area contributed by atoms with E-state index in [0.717, 1.165) is 50.0 Å². The summed E-state index contributed by atoms with van der Waals surface area (Å²) in [5, 5.41) is 0. The Morgan fingerprint density at radius 2 is 2.04 bits per heavy atom. The molecule has 2 aromatic rings. The Balaban J connectivity index is 1.52. The average molecular weight is 307 g/mol. The van der Waals surface area contributed by atoms with Gasteiger partial charge in [-0.2, -0.15) is 0 Å². The topological polar surface area (TPSA) is 46.1 Å². The molecule has 0 saturated carbocycles. The third-order valence-corrected chi connectivity index (χ3v) is 5.08. The fourth-order valence-electron chi connectivity index (χ4n) is 3.83. The molecule has 1 aliphatic carbocycles. The average Bonchev–Trinajstić information content (AvgIpc) is 3.09. The van der Waals surface area contributed by atoms with Gasteiger partial charge in [-0.1, -0.05) is 6.07 Å². The van der Waals surface area contributed by atoms with E-state index in [1.54, 1.807) is 12.5 Å². The van der Waals surface area contributed by atoms with Crippen LogP contribution in [0.2, 0.25) is 0 Å². The summed E-state index contributed by atoms with van der Waals surface area (Å²) in [5.74, 6) is 0.489. The summed E-state index contributed by atoms with van der Waals surface area (Å²) in [6.07, 6.45) is 8.98. The molecule has 0 bridgehead atoms. The summed E-state index contributed by atoms with van der Waals surface area (Å²) < 4.78 is 0. The first kappa shape index (κ1) is 14.4. The maximum absolute atomic E-state index is 12.9. The molecular weight excluding hydrogens is 286 g/mol. The highest BCUT2D eigenvalue weighted by molar-refractivity contribution is 5.94. The Bertz CT molecular complexity index is 714. The van der Waals surface area contributed by atoms with Gasteiger partial charge in [-0.05, 0) is 61.4 Å². The van der Waals surface area contributed by atoms with Crippen LogP contribution in [0.25, 0.3) is 0 Å². The lowest BCUT2D eigenvalue weighted by molar-refractivity contribution is 0.0706. The van der Waals surface area contributed by atoms with Crippen molar-refractivity contribution in [1.82, 2.24) is 14.9 Å². The SMILES string of the molecule is O=C(c1ccc2c(c1)CCC2)N1CCCC(c2ccncn2)C1. The number of piperidine rings is 1. The summed E-state index contributed by atoms with van der Waals surface area (Å²) in [6.45, 7) is 1.60. The van der Waals surface area contributed by atoms with Gasteiger partial charge in [0.05, 0.1) is 0 Å². The van der Waals surface area contributed by atoms with Gasteiger partial charge in [0.2, 0.25) is 0 Å². The molecule has 118 valence electrons. The van der Waals surface area contributed by atoms with Crippen LogP contribution in [0.4, 0.5) is 0 Å². The molecule has 4 heteroatoms. The first-order valence-corrected chi connectivity index (χ1v) is 8.48. The molecule has 0 radical (unpaired) electrons. The molecule has 1 atom stereocenters. The number of nitrogens with zero attached hydrogens (tertiary/aromatic N) is 3. The van der Waals surface area contributed by atoms with E-state index in [2.05, 4.69) is 22.1 Å². The largest absolute Gasteiger partial charge is 0.338 e. The van der Waals surface area contributed by atoms with E-state index in [-0.39, 0.29) is 5.91 Å². The number of aryl methyl sites for hydroxylation is 2. The highest BCUT2D eigenvalue weighted by Crippen LogP contribution is 2.27. The minimum absolute atomic E-state index is 0.165. The Kier molecular flexibility index (Phi) is 3.82. The smallest absolute Gasteiger partial charge is 0.253 e. The minimum atomic E-state index is 0.165. The lowest BCUT2D eigenvalue weighted by Gasteiger charge is -2.32. The molecule has 4 nitrogen and oxygen atoms in total. The summed E-state index contributed by atoms with van der Waals surface area (Å²) in [4.78, 5) is 23.2. The van der Waals surface area contributed by atoms with Crippen molar-refractivity contribution in [2.75, 3.05) is 13.1 Å². The number of carbonyl (C=O) groups excluding carboxylic acids is 1. The summed E-state index contributed by atoms with van der Waals surface area (Å²) in [6, 6.07) is 8.22.